The molecule has 2 aliphatic heterocycles. The van der Waals surface area contributed by atoms with E-state index >= 15 is 0 Å². The summed E-state index contributed by atoms with van der Waals surface area (Å²) in [5.74, 6) is 1.35. The molecule has 2 saturated heterocycles. The Bertz CT molecular complexity index is 996. The van der Waals surface area contributed by atoms with E-state index in [-0.39, 0.29) is 11.9 Å². The fourth-order valence-electron chi connectivity index (χ4n) is 4.49. The Morgan fingerprint density at radius 3 is 2.96 bits per heavy atom. The number of nitrogens with zero attached hydrogens (tertiary/aromatic N) is 6. The second-order valence-electron chi connectivity index (χ2n) is 7.57. The highest BCUT2D eigenvalue weighted by Gasteiger charge is 2.40. The van der Waals surface area contributed by atoms with Crippen LogP contribution in [0.2, 0.25) is 0 Å². The van der Waals surface area contributed by atoms with Crippen LogP contribution in [-0.4, -0.2) is 77.8 Å². The van der Waals surface area contributed by atoms with Crippen molar-refractivity contribution in [3.8, 4) is 0 Å². The Morgan fingerprint density at radius 2 is 2.19 bits per heavy atom. The first-order valence-electron chi connectivity index (χ1n) is 9.54. The molecule has 3 aromatic rings. The lowest BCUT2D eigenvalue weighted by molar-refractivity contribution is 0.152. The van der Waals surface area contributed by atoms with Gasteiger partial charge in [0.2, 0.25) is 0 Å². The third kappa shape index (κ3) is 2.56. The van der Waals surface area contributed by atoms with E-state index in [0.717, 1.165) is 29.1 Å². The second-order valence-corrected chi connectivity index (χ2v) is 7.57. The molecular weight excluding hydrogens is 346 g/mol. The average molecular weight is 369 g/mol. The van der Waals surface area contributed by atoms with E-state index in [9.17, 15) is 9.90 Å². The van der Waals surface area contributed by atoms with E-state index in [1.54, 1.807) is 11.1 Å². The summed E-state index contributed by atoms with van der Waals surface area (Å²) in [5, 5.41) is 18.5. The molecule has 9 nitrogen and oxygen atoms in total. The number of aromatic amines is 1. The van der Waals surface area contributed by atoms with Crippen molar-refractivity contribution in [2.24, 2.45) is 5.92 Å². The summed E-state index contributed by atoms with van der Waals surface area (Å²) < 4.78 is 2.06. The third-order valence-corrected chi connectivity index (χ3v) is 5.97. The van der Waals surface area contributed by atoms with Gasteiger partial charge in [-0.05, 0) is 18.4 Å². The van der Waals surface area contributed by atoms with E-state index in [1.165, 1.54) is 0 Å². The van der Waals surface area contributed by atoms with Gasteiger partial charge in [-0.1, -0.05) is 13.3 Å². The van der Waals surface area contributed by atoms with Gasteiger partial charge in [0.05, 0.1) is 17.8 Å². The number of aromatic nitrogens is 5. The van der Waals surface area contributed by atoms with Crippen molar-refractivity contribution >= 4 is 22.8 Å². The van der Waals surface area contributed by atoms with Gasteiger partial charge in [-0.15, -0.1) is 10.2 Å². The number of urea groups is 1. The number of likely N-dealkylation sites (tertiary alicyclic amines) is 2. The highest BCUT2D eigenvalue weighted by Crippen LogP contribution is 2.35. The molecule has 2 amide bonds. The number of rotatable bonds is 2. The molecular formula is C18H23N7O2. The Hall–Kier alpha value is -2.68. The number of β-amino-alcohol motifs (C(OH)–C–C–N with tert-alkyl or cyclic N) is 1. The summed E-state index contributed by atoms with van der Waals surface area (Å²) in [7, 11) is 0. The zero-order valence-electron chi connectivity index (χ0n) is 15.2. The van der Waals surface area contributed by atoms with Crippen LogP contribution >= 0.6 is 0 Å². The minimum absolute atomic E-state index is 0.0229. The minimum Gasteiger partial charge on any atom is -0.391 e. The molecule has 0 unspecified atom stereocenters. The van der Waals surface area contributed by atoms with Crippen molar-refractivity contribution in [1.82, 2.24) is 34.4 Å². The highest BCUT2D eigenvalue weighted by atomic mass is 16.3. The van der Waals surface area contributed by atoms with Gasteiger partial charge >= 0.3 is 6.03 Å². The largest absolute Gasteiger partial charge is 0.391 e. The number of carbonyl (C=O) groups is 1. The van der Waals surface area contributed by atoms with Gasteiger partial charge in [0.15, 0.2) is 11.3 Å². The number of nitrogens with one attached hydrogen (secondary N) is 1. The van der Waals surface area contributed by atoms with Gasteiger partial charge in [-0.25, -0.2) is 9.78 Å². The molecule has 3 aromatic heterocycles. The van der Waals surface area contributed by atoms with Crippen molar-refractivity contribution in [2.45, 2.75) is 31.8 Å². The molecule has 5 heterocycles. The fourth-order valence-corrected chi connectivity index (χ4v) is 4.49. The molecule has 2 fully saturated rings. The van der Waals surface area contributed by atoms with Crippen molar-refractivity contribution in [3.05, 3.63) is 24.3 Å². The molecule has 0 bridgehead atoms. The number of aliphatic hydroxyl groups is 1. The molecule has 0 saturated carbocycles. The average Bonchev–Trinajstić information content (AvgIpc) is 3.43. The van der Waals surface area contributed by atoms with Gasteiger partial charge < -0.3 is 19.9 Å². The molecule has 142 valence electrons. The van der Waals surface area contributed by atoms with Crippen LogP contribution in [0.3, 0.4) is 0 Å². The molecule has 9 heteroatoms. The summed E-state index contributed by atoms with van der Waals surface area (Å²) >= 11 is 0. The van der Waals surface area contributed by atoms with Gasteiger partial charge in [0.25, 0.3) is 0 Å². The lowest BCUT2D eigenvalue weighted by Gasteiger charge is -2.24. The standard InChI is InChI=1S/C18H23N7O2/c1-2-11-8-24(18(27)23-6-4-12(26)9-23)10-13(11)17-22-21-15-7-20-16-14(25(15)17)3-5-19-16/h3,5,7,11-13,19,26H,2,4,6,8-10H2,1H3/t11-,12-,13+/m1/s1. The maximum absolute atomic E-state index is 12.9. The summed E-state index contributed by atoms with van der Waals surface area (Å²) in [6, 6.07) is 2.00. The first-order valence-corrected chi connectivity index (χ1v) is 9.54. The lowest BCUT2D eigenvalue weighted by Crippen LogP contribution is -2.41. The third-order valence-electron chi connectivity index (χ3n) is 5.97. The van der Waals surface area contributed by atoms with Crippen LogP contribution in [0.25, 0.3) is 16.8 Å². The zero-order valence-corrected chi connectivity index (χ0v) is 15.2. The molecule has 3 atom stereocenters. The number of fused-ring (bicyclic) bond motifs is 3. The van der Waals surface area contributed by atoms with Crippen molar-refractivity contribution in [1.29, 1.82) is 0 Å². The number of amides is 2. The molecule has 0 aromatic carbocycles. The van der Waals surface area contributed by atoms with Crippen LogP contribution in [0, 0.1) is 5.92 Å². The van der Waals surface area contributed by atoms with Crippen LogP contribution < -0.4 is 0 Å². The summed E-state index contributed by atoms with van der Waals surface area (Å²) in [6.45, 7) is 4.55. The van der Waals surface area contributed by atoms with Crippen molar-refractivity contribution < 1.29 is 9.90 Å². The number of carbonyl (C=O) groups excluding carboxylic acids is 1. The molecule has 27 heavy (non-hydrogen) atoms. The van der Waals surface area contributed by atoms with E-state index in [4.69, 9.17) is 0 Å². The quantitative estimate of drug-likeness (QED) is 0.707. The maximum Gasteiger partial charge on any atom is 0.320 e. The Labute approximate surface area is 156 Å². The van der Waals surface area contributed by atoms with E-state index in [2.05, 4.69) is 31.5 Å². The van der Waals surface area contributed by atoms with Crippen LogP contribution in [0.15, 0.2) is 18.5 Å². The van der Waals surface area contributed by atoms with Crippen LogP contribution in [0.4, 0.5) is 4.79 Å². The predicted octanol–water partition coefficient (Wildman–Crippen LogP) is 1.22. The van der Waals surface area contributed by atoms with Crippen LogP contribution in [-0.2, 0) is 0 Å². The molecule has 0 radical (unpaired) electrons. The van der Waals surface area contributed by atoms with Crippen LogP contribution in [0.1, 0.15) is 31.5 Å². The van der Waals surface area contributed by atoms with Gasteiger partial charge in [-0.3, -0.25) is 4.40 Å². The summed E-state index contributed by atoms with van der Waals surface area (Å²) in [4.78, 5) is 24.1. The summed E-state index contributed by atoms with van der Waals surface area (Å²) in [6.07, 6.45) is 4.81. The molecule has 0 spiro atoms. The summed E-state index contributed by atoms with van der Waals surface area (Å²) in [5.41, 5.74) is 2.47. The highest BCUT2D eigenvalue weighted by molar-refractivity contribution is 5.76. The topological polar surface area (TPSA) is 103 Å². The maximum atomic E-state index is 12.9. The first-order chi connectivity index (χ1) is 13.2. The number of aliphatic hydroxyl groups excluding tert-OH is 1. The first kappa shape index (κ1) is 16.5. The minimum atomic E-state index is -0.399. The Morgan fingerprint density at radius 1 is 1.30 bits per heavy atom. The Kier molecular flexibility index (Phi) is 3.78. The monoisotopic (exact) mass is 369 g/mol. The predicted molar refractivity (Wildman–Crippen MR) is 98.3 cm³/mol. The molecule has 2 aliphatic rings. The fraction of sp³-hybridized carbons (Fsp3) is 0.556. The normalized spacial score (nSPS) is 25.9. The van der Waals surface area contributed by atoms with Crippen molar-refractivity contribution in [2.75, 3.05) is 26.2 Å². The number of hydrogen-bond acceptors (Lipinski definition) is 5. The van der Waals surface area contributed by atoms with Crippen LogP contribution in [0.5, 0.6) is 0 Å². The number of hydrogen-bond donors (Lipinski definition) is 2. The van der Waals surface area contributed by atoms with E-state index < -0.39 is 6.10 Å². The van der Waals surface area contributed by atoms with Crippen molar-refractivity contribution in [3.63, 3.8) is 0 Å². The zero-order chi connectivity index (χ0) is 18.5. The Balaban J connectivity index is 1.48. The van der Waals surface area contributed by atoms with E-state index in [1.807, 2.05) is 17.2 Å². The SMILES string of the molecule is CC[C@@H]1CN(C(=O)N2CC[C@@H](O)C2)C[C@@H]1c1nnc2cnc3[nH]ccc3n12. The second kappa shape index (κ2) is 6.19. The number of H-pyrrole nitrogens is 1. The smallest absolute Gasteiger partial charge is 0.320 e. The van der Waals surface area contributed by atoms with Gasteiger partial charge in [-0.2, -0.15) is 0 Å². The van der Waals surface area contributed by atoms with E-state index in [0.29, 0.717) is 38.5 Å². The molecule has 0 aliphatic carbocycles. The lowest BCUT2D eigenvalue weighted by atomic mass is 9.93. The van der Waals surface area contributed by atoms with Gasteiger partial charge in [0, 0.05) is 38.3 Å². The molecule has 2 N–H and O–H groups in total. The molecule has 5 rings (SSSR count). The van der Waals surface area contributed by atoms with Gasteiger partial charge in [0.1, 0.15) is 5.82 Å².